The third-order valence-corrected chi connectivity index (χ3v) is 2.12. The van der Waals surface area contributed by atoms with E-state index in [-0.39, 0.29) is 0 Å². The highest BCUT2D eigenvalue weighted by atomic mass is 14.9. The van der Waals surface area contributed by atoms with E-state index in [0.29, 0.717) is 0 Å². The maximum atomic E-state index is 3.35. The SMILES string of the molecule is CC=C/C=C\C=C(/C)Nc1cccc(C)c1. The number of hydrogen-bond donors (Lipinski definition) is 1. The van der Waals surface area contributed by atoms with E-state index in [1.54, 1.807) is 0 Å². The maximum Gasteiger partial charge on any atom is 0.0384 e. The Kier molecular flexibility index (Phi) is 5.13. The summed E-state index contributed by atoms with van der Waals surface area (Å²) in [6.45, 7) is 6.16. The highest BCUT2D eigenvalue weighted by Crippen LogP contribution is 2.11. The van der Waals surface area contributed by atoms with Crippen LogP contribution in [0, 0.1) is 6.92 Å². The summed E-state index contributed by atoms with van der Waals surface area (Å²) in [7, 11) is 0. The molecule has 0 saturated carbocycles. The average Bonchev–Trinajstić information content (AvgIpc) is 2.24. The molecule has 1 heteroatoms. The zero-order valence-electron chi connectivity index (χ0n) is 10.2. The lowest BCUT2D eigenvalue weighted by Crippen LogP contribution is -1.94. The van der Waals surface area contributed by atoms with E-state index in [0.717, 1.165) is 11.4 Å². The highest BCUT2D eigenvalue weighted by molar-refractivity contribution is 5.49. The molecule has 0 bridgehead atoms. The molecule has 0 aliphatic carbocycles. The molecular formula is C15H19N. The molecule has 0 fully saturated rings. The number of aryl methyl sites for hydroxylation is 1. The summed E-state index contributed by atoms with van der Waals surface area (Å²) in [5, 5.41) is 3.35. The van der Waals surface area contributed by atoms with Crippen molar-refractivity contribution in [1.29, 1.82) is 0 Å². The van der Waals surface area contributed by atoms with E-state index in [2.05, 4.69) is 49.5 Å². The molecule has 16 heavy (non-hydrogen) atoms. The van der Waals surface area contributed by atoms with Gasteiger partial charge in [0.15, 0.2) is 0 Å². The predicted octanol–water partition coefficient (Wildman–Crippen LogP) is 4.44. The molecular weight excluding hydrogens is 194 g/mol. The van der Waals surface area contributed by atoms with E-state index in [1.165, 1.54) is 5.56 Å². The second kappa shape index (κ2) is 6.67. The van der Waals surface area contributed by atoms with Crippen LogP contribution in [0.5, 0.6) is 0 Å². The Morgan fingerprint density at radius 2 is 2.00 bits per heavy atom. The predicted molar refractivity (Wildman–Crippen MR) is 72.5 cm³/mol. The van der Waals surface area contributed by atoms with Gasteiger partial charge in [-0.05, 0) is 44.5 Å². The molecule has 0 spiro atoms. The molecule has 1 aromatic carbocycles. The fraction of sp³-hybridized carbons (Fsp3) is 0.200. The maximum absolute atomic E-state index is 3.35. The molecule has 0 aliphatic rings. The van der Waals surface area contributed by atoms with Crippen LogP contribution in [0.1, 0.15) is 19.4 Å². The Morgan fingerprint density at radius 1 is 1.19 bits per heavy atom. The largest absolute Gasteiger partial charge is 0.359 e. The van der Waals surface area contributed by atoms with Crippen LogP contribution < -0.4 is 5.32 Å². The van der Waals surface area contributed by atoms with Gasteiger partial charge < -0.3 is 5.32 Å². The number of anilines is 1. The lowest BCUT2D eigenvalue weighted by molar-refractivity contribution is 1.36. The van der Waals surface area contributed by atoms with Gasteiger partial charge >= 0.3 is 0 Å². The molecule has 1 aromatic rings. The van der Waals surface area contributed by atoms with Crippen molar-refractivity contribution in [1.82, 2.24) is 0 Å². The van der Waals surface area contributed by atoms with Crippen LogP contribution in [-0.2, 0) is 0 Å². The zero-order chi connectivity index (χ0) is 11.8. The summed E-state index contributed by atoms with van der Waals surface area (Å²) in [6, 6.07) is 8.35. The highest BCUT2D eigenvalue weighted by Gasteiger charge is 1.91. The number of nitrogens with one attached hydrogen (secondary N) is 1. The van der Waals surface area contributed by atoms with Gasteiger partial charge in [0.1, 0.15) is 0 Å². The summed E-state index contributed by atoms with van der Waals surface area (Å²) < 4.78 is 0. The molecule has 1 rings (SSSR count). The third kappa shape index (κ3) is 4.65. The van der Waals surface area contributed by atoms with Crippen molar-refractivity contribution in [3.8, 4) is 0 Å². The molecule has 1 N–H and O–H groups in total. The number of hydrogen-bond acceptors (Lipinski definition) is 1. The third-order valence-electron chi connectivity index (χ3n) is 2.12. The summed E-state index contributed by atoms with van der Waals surface area (Å²) in [6.07, 6.45) is 10.1. The van der Waals surface area contributed by atoms with Gasteiger partial charge in [0.2, 0.25) is 0 Å². The minimum absolute atomic E-state index is 1.13. The molecule has 0 heterocycles. The molecule has 0 unspecified atom stereocenters. The van der Waals surface area contributed by atoms with E-state index in [9.17, 15) is 0 Å². The van der Waals surface area contributed by atoms with Crippen LogP contribution in [0.2, 0.25) is 0 Å². The molecule has 0 aliphatic heterocycles. The minimum atomic E-state index is 1.13. The van der Waals surface area contributed by atoms with Crippen molar-refractivity contribution >= 4 is 5.69 Å². The zero-order valence-corrected chi connectivity index (χ0v) is 10.2. The molecule has 0 radical (unpaired) electrons. The Balaban J connectivity index is 2.60. The molecule has 0 atom stereocenters. The summed E-state index contributed by atoms with van der Waals surface area (Å²) >= 11 is 0. The summed E-state index contributed by atoms with van der Waals surface area (Å²) in [5.74, 6) is 0. The smallest absolute Gasteiger partial charge is 0.0384 e. The minimum Gasteiger partial charge on any atom is -0.359 e. The molecule has 1 nitrogen and oxygen atoms in total. The van der Waals surface area contributed by atoms with Gasteiger partial charge in [0.25, 0.3) is 0 Å². The first-order chi connectivity index (χ1) is 7.72. The number of rotatable bonds is 4. The van der Waals surface area contributed by atoms with Gasteiger partial charge in [0.05, 0.1) is 0 Å². The van der Waals surface area contributed by atoms with Crippen molar-refractivity contribution in [3.63, 3.8) is 0 Å². The Bertz CT molecular complexity index is 411. The molecule has 0 aromatic heterocycles. The quantitative estimate of drug-likeness (QED) is 0.729. The average molecular weight is 213 g/mol. The van der Waals surface area contributed by atoms with E-state index >= 15 is 0 Å². The van der Waals surface area contributed by atoms with Gasteiger partial charge in [-0.3, -0.25) is 0 Å². The van der Waals surface area contributed by atoms with Crippen LogP contribution in [0.4, 0.5) is 5.69 Å². The lowest BCUT2D eigenvalue weighted by atomic mass is 10.2. The first-order valence-electron chi connectivity index (χ1n) is 5.52. The van der Waals surface area contributed by atoms with Crippen molar-refractivity contribution < 1.29 is 0 Å². The Hall–Kier alpha value is -1.76. The van der Waals surface area contributed by atoms with Crippen molar-refractivity contribution in [2.45, 2.75) is 20.8 Å². The van der Waals surface area contributed by atoms with Gasteiger partial charge in [-0.25, -0.2) is 0 Å². The lowest BCUT2D eigenvalue weighted by Gasteiger charge is -2.06. The molecule has 0 saturated heterocycles. The van der Waals surface area contributed by atoms with Gasteiger partial charge in [-0.1, -0.05) is 36.4 Å². The van der Waals surface area contributed by atoms with Crippen LogP contribution in [0.3, 0.4) is 0 Å². The summed E-state index contributed by atoms with van der Waals surface area (Å²) in [4.78, 5) is 0. The van der Waals surface area contributed by atoms with E-state index < -0.39 is 0 Å². The second-order valence-electron chi connectivity index (χ2n) is 3.75. The fourth-order valence-electron chi connectivity index (χ4n) is 1.37. The fourth-order valence-corrected chi connectivity index (χ4v) is 1.37. The Morgan fingerprint density at radius 3 is 2.69 bits per heavy atom. The monoisotopic (exact) mass is 213 g/mol. The van der Waals surface area contributed by atoms with Crippen molar-refractivity contribution in [2.24, 2.45) is 0 Å². The standard InChI is InChI=1S/C15H19N/c1-4-5-6-7-10-14(3)16-15-11-8-9-13(2)12-15/h4-12,16H,1-3H3/b5-4?,7-6-,14-10+. The van der Waals surface area contributed by atoms with Crippen molar-refractivity contribution in [3.05, 3.63) is 65.9 Å². The first kappa shape index (κ1) is 12.3. The van der Waals surface area contributed by atoms with Gasteiger partial charge in [-0.2, -0.15) is 0 Å². The van der Waals surface area contributed by atoms with E-state index in [1.807, 2.05) is 31.2 Å². The van der Waals surface area contributed by atoms with Crippen LogP contribution in [-0.4, -0.2) is 0 Å². The number of allylic oxidation sites excluding steroid dienone is 6. The second-order valence-corrected chi connectivity index (χ2v) is 3.75. The van der Waals surface area contributed by atoms with Crippen LogP contribution in [0.15, 0.2) is 60.3 Å². The topological polar surface area (TPSA) is 12.0 Å². The molecule has 84 valence electrons. The Labute approximate surface area is 98.2 Å². The normalized spacial score (nSPS) is 12.6. The first-order valence-corrected chi connectivity index (χ1v) is 5.52. The van der Waals surface area contributed by atoms with Crippen LogP contribution >= 0.6 is 0 Å². The van der Waals surface area contributed by atoms with Crippen LogP contribution in [0.25, 0.3) is 0 Å². The molecule has 0 amide bonds. The van der Waals surface area contributed by atoms with E-state index in [4.69, 9.17) is 0 Å². The van der Waals surface area contributed by atoms with Gasteiger partial charge in [0, 0.05) is 11.4 Å². The van der Waals surface area contributed by atoms with Gasteiger partial charge in [-0.15, -0.1) is 0 Å². The summed E-state index contributed by atoms with van der Waals surface area (Å²) in [5.41, 5.74) is 3.53. The van der Waals surface area contributed by atoms with Crippen molar-refractivity contribution in [2.75, 3.05) is 5.32 Å². The number of benzene rings is 1.